The van der Waals surface area contributed by atoms with E-state index < -0.39 is 0 Å². The van der Waals surface area contributed by atoms with Gasteiger partial charge in [-0.1, -0.05) is 5.16 Å². The predicted octanol–water partition coefficient (Wildman–Crippen LogP) is 1.89. The molecule has 0 atom stereocenters. The van der Waals surface area contributed by atoms with Crippen molar-refractivity contribution in [3.8, 4) is 0 Å². The van der Waals surface area contributed by atoms with Gasteiger partial charge in [-0.3, -0.25) is 9.59 Å². The van der Waals surface area contributed by atoms with Crippen molar-refractivity contribution in [3.63, 3.8) is 0 Å². The van der Waals surface area contributed by atoms with Gasteiger partial charge in [0.1, 0.15) is 12.9 Å². The van der Waals surface area contributed by atoms with Crippen molar-refractivity contribution in [1.82, 2.24) is 5.16 Å². The van der Waals surface area contributed by atoms with Crippen LogP contribution in [0.4, 0.5) is 5.69 Å². The van der Waals surface area contributed by atoms with Crippen LogP contribution in [-0.4, -0.2) is 24.5 Å². The van der Waals surface area contributed by atoms with Crippen LogP contribution in [-0.2, 0) is 11.3 Å². The summed E-state index contributed by atoms with van der Waals surface area (Å²) in [5.41, 5.74) is 1.29. The average molecular weight is 260 g/mol. The summed E-state index contributed by atoms with van der Waals surface area (Å²) in [6.07, 6.45) is 0.736. The largest absolute Gasteiger partial charge is 0.377 e. The fourth-order valence-electron chi connectivity index (χ4n) is 1.47. The Balaban J connectivity index is 2.04. The minimum Gasteiger partial charge on any atom is -0.377 e. The number of hydrogen-bond acceptors (Lipinski definition) is 5. The number of amides is 1. The van der Waals surface area contributed by atoms with Crippen LogP contribution in [0, 0.1) is 0 Å². The normalized spacial score (nSPS) is 10.2. The molecule has 0 saturated carbocycles. The molecule has 0 fully saturated rings. The Kier molecular flexibility index (Phi) is 4.04. The third-order valence-corrected chi connectivity index (χ3v) is 2.38. The second-order valence-electron chi connectivity index (χ2n) is 3.81. The number of anilines is 1. The number of methoxy groups -OCH3 is 1. The van der Waals surface area contributed by atoms with E-state index in [9.17, 15) is 9.59 Å². The molecule has 6 heteroatoms. The van der Waals surface area contributed by atoms with E-state index in [1.165, 1.54) is 13.2 Å². The van der Waals surface area contributed by atoms with Crippen molar-refractivity contribution >= 4 is 17.9 Å². The molecule has 0 bridgehead atoms. The van der Waals surface area contributed by atoms with Crippen molar-refractivity contribution in [2.24, 2.45) is 0 Å². The Morgan fingerprint density at radius 3 is 2.79 bits per heavy atom. The lowest BCUT2D eigenvalue weighted by Crippen LogP contribution is -2.12. The summed E-state index contributed by atoms with van der Waals surface area (Å²) in [5.74, 6) is 0.0916. The number of carbonyl (C=O) groups is 2. The zero-order chi connectivity index (χ0) is 13.7. The number of rotatable bonds is 5. The zero-order valence-electron chi connectivity index (χ0n) is 10.3. The van der Waals surface area contributed by atoms with Crippen LogP contribution in [0.1, 0.15) is 26.6 Å². The average Bonchev–Trinajstić information content (AvgIpc) is 2.89. The molecular weight excluding hydrogens is 248 g/mol. The van der Waals surface area contributed by atoms with Gasteiger partial charge in [-0.15, -0.1) is 0 Å². The van der Waals surface area contributed by atoms with Crippen molar-refractivity contribution in [3.05, 3.63) is 47.3 Å². The number of benzene rings is 1. The van der Waals surface area contributed by atoms with Crippen molar-refractivity contribution < 1.29 is 18.8 Å². The molecule has 6 nitrogen and oxygen atoms in total. The van der Waals surface area contributed by atoms with Gasteiger partial charge >= 0.3 is 0 Å². The predicted molar refractivity (Wildman–Crippen MR) is 67.0 cm³/mol. The van der Waals surface area contributed by atoms with Crippen LogP contribution in [0.5, 0.6) is 0 Å². The quantitative estimate of drug-likeness (QED) is 0.830. The number of carbonyl (C=O) groups excluding carboxylic acids is 2. The summed E-state index contributed by atoms with van der Waals surface area (Å²) in [5, 5.41) is 6.29. The van der Waals surface area contributed by atoms with Crippen molar-refractivity contribution in [2.45, 2.75) is 6.61 Å². The second-order valence-corrected chi connectivity index (χ2v) is 3.81. The minimum atomic E-state index is -0.384. The maximum absolute atomic E-state index is 11.8. The van der Waals surface area contributed by atoms with E-state index in [1.807, 2.05) is 0 Å². The molecule has 1 amide bonds. The molecular formula is C13H12N2O4. The van der Waals surface area contributed by atoms with Gasteiger partial charge in [-0.25, -0.2) is 0 Å². The number of nitrogens with zero attached hydrogens (tertiary/aromatic N) is 1. The number of hydrogen-bond donors (Lipinski definition) is 1. The van der Waals surface area contributed by atoms with Gasteiger partial charge in [0.25, 0.3) is 5.91 Å². The molecule has 1 aromatic heterocycles. The first-order valence-corrected chi connectivity index (χ1v) is 5.54. The fourth-order valence-corrected chi connectivity index (χ4v) is 1.47. The zero-order valence-corrected chi connectivity index (χ0v) is 10.3. The third-order valence-electron chi connectivity index (χ3n) is 2.38. The van der Waals surface area contributed by atoms with Crippen molar-refractivity contribution in [1.29, 1.82) is 0 Å². The summed E-state index contributed by atoms with van der Waals surface area (Å²) in [4.78, 5) is 22.3. The maximum Gasteiger partial charge on any atom is 0.277 e. The SMILES string of the molecule is COCc1cc(C(=O)Nc2ccc(C=O)cc2)no1. The molecule has 19 heavy (non-hydrogen) atoms. The Labute approximate surface area is 109 Å². The third kappa shape index (κ3) is 3.26. The van der Waals surface area contributed by atoms with E-state index in [0.717, 1.165) is 6.29 Å². The van der Waals surface area contributed by atoms with Crippen LogP contribution in [0.3, 0.4) is 0 Å². The molecule has 0 saturated heterocycles. The van der Waals surface area contributed by atoms with Gasteiger partial charge in [-0.05, 0) is 24.3 Å². The summed E-state index contributed by atoms with van der Waals surface area (Å²) in [6, 6.07) is 8.01. The van der Waals surface area contributed by atoms with Gasteiger partial charge in [-0.2, -0.15) is 0 Å². The van der Waals surface area contributed by atoms with Crippen LogP contribution < -0.4 is 5.32 Å². The Hall–Kier alpha value is -2.47. The summed E-state index contributed by atoms with van der Waals surface area (Å²) >= 11 is 0. The van der Waals surface area contributed by atoms with Gasteiger partial charge < -0.3 is 14.6 Å². The minimum absolute atomic E-state index is 0.173. The molecule has 1 aromatic carbocycles. The molecule has 2 aromatic rings. The molecule has 98 valence electrons. The summed E-state index contributed by atoms with van der Waals surface area (Å²) in [6.45, 7) is 0.258. The molecule has 1 heterocycles. The van der Waals surface area contributed by atoms with Crippen LogP contribution in [0.2, 0.25) is 0 Å². The van der Waals surface area contributed by atoms with Gasteiger partial charge in [0.15, 0.2) is 11.5 Å². The fraction of sp³-hybridized carbons (Fsp3) is 0.154. The Morgan fingerprint density at radius 1 is 1.42 bits per heavy atom. The molecule has 1 N–H and O–H groups in total. The molecule has 0 aliphatic rings. The Morgan fingerprint density at radius 2 is 2.16 bits per heavy atom. The number of ether oxygens (including phenoxy) is 1. The van der Waals surface area contributed by atoms with E-state index in [0.29, 0.717) is 17.0 Å². The maximum atomic E-state index is 11.8. The van der Waals surface area contributed by atoms with Gasteiger partial charge in [0, 0.05) is 24.4 Å². The van der Waals surface area contributed by atoms with Crippen LogP contribution >= 0.6 is 0 Å². The molecule has 0 aliphatic heterocycles. The monoisotopic (exact) mass is 260 g/mol. The highest BCUT2D eigenvalue weighted by atomic mass is 16.5. The van der Waals surface area contributed by atoms with Crippen molar-refractivity contribution in [2.75, 3.05) is 12.4 Å². The first kappa shape index (κ1) is 13.0. The number of aldehydes is 1. The molecule has 0 unspecified atom stereocenters. The first-order valence-electron chi connectivity index (χ1n) is 5.54. The topological polar surface area (TPSA) is 81.4 Å². The van der Waals surface area contributed by atoms with Crippen LogP contribution in [0.15, 0.2) is 34.9 Å². The smallest absolute Gasteiger partial charge is 0.277 e. The van der Waals surface area contributed by atoms with Gasteiger partial charge in [0.05, 0.1) is 0 Å². The van der Waals surface area contributed by atoms with E-state index in [1.54, 1.807) is 24.3 Å². The molecule has 2 rings (SSSR count). The van der Waals surface area contributed by atoms with Gasteiger partial charge in [0.2, 0.25) is 0 Å². The molecule has 0 aliphatic carbocycles. The van der Waals surface area contributed by atoms with E-state index in [2.05, 4.69) is 10.5 Å². The summed E-state index contributed by atoms with van der Waals surface area (Å²) < 4.78 is 9.78. The summed E-state index contributed by atoms with van der Waals surface area (Å²) in [7, 11) is 1.52. The van der Waals surface area contributed by atoms with E-state index in [4.69, 9.17) is 9.26 Å². The lowest BCUT2D eigenvalue weighted by Gasteiger charge is -2.02. The Bertz CT molecular complexity index is 575. The first-order chi connectivity index (χ1) is 9.22. The molecule has 0 spiro atoms. The van der Waals surface area contributed by atoms with E-state index >= 15 is 0 Å². The lowest BCUT2D eigenvalue weighted by molar-refractivity contribution is 0.101. The highest BCUT2D eigenvalue weighted by Gasteiger charge is 2.12. The number of aromatic nitrogens is 1. The van der Waals surface area contributed by atoms with E-state index in [-0.39, 0.29) is 18.2 Å². The second kappa shape index (κ2) is 5.92. The highest BCUT2D eigenvalue weighted by Crippen LogP contribution is 2.11. The standard InChI is InChI=1S/C13H12N2O4/c1-18-8-11-6-12(15-19-11)13(17)14-10-4-2-9(7-16)3-5-10/h2-7H,8H2,1H3,(H,14,17). The molecule has 0 radical (unpaired) electrons. The van der Waals surface area contributed by atoms with Crippen LogP contribution in [0.25, 0.3) is 0 Å². The number of nitrogens with one attached hydrogen (secondary N) is 1. The highest BCUT2D eigenvalue weighted by molar-refractivity contribution is 6.02. The lowest BCUT2D eigenvalue weighted by atomic mass is 10.2.